The molecule has 0 radical (unpaired) electrons. The maximum Gasteiger partial charge on any atom is 0.338 e. The lowest BCUT2D eigenvalue weighted by Crippen LogP contribution is -2.06. The van der Waals surface area contributed by atoms with Crippen molar-refractivity contribution in [1.29, 1.82) is 0 Å². The maximum absolute atomic E-state index is 10.9. The number of carbonyl (C=O) groups excluding carboxylic acids is 2. The summed E-state index contributed by atoms with van der Waals surface area (Å²) in [4.78, 5) is 21.6. The highest BCUT2D eigenvalue weighted by Crippen LogP contribution is 2.21. The van der Waals surface area contributed by atoms with Crippen molar-refractivity contribution in [3.05, 3.63) is 29.3 Å². The van der Waals surface area contributed by atoms with Gasteiger partial charge >= 0.3 is 5.97 Å². The van der Waals surface area contributed by atoms with Crippen molar-refractivity contribution in [1.82, 2.24) is 0 Å². The van der Waals surface area contributed by atoms with Gasteiger partial charge < -0.3 is 10.5 Å². The predicted octanol–water partition coefficient (Wildman–Crippen LogP) is 3.91. The number of halogens is 1. The van der Waals surface area contributed by atoms with E-state index < -0.39 is 0 Å². The van der Waals surface area contributed by atoms with Gasteiger partial charge in [-0.05, 0) is 36.6 Å². The summed E-state index contributed by atoms with van der Waals surface area (Å²) in [5.74, 6) is -0.172. The molecule has 0 bridgehead atoms. The molecule has 0 aliphatic carbocycles. The minimum Gasteiger partial charge on any atom is -0.457 e. The molecule has 0 fully saturated rings. The van der Waals surface area contributed by atoms with Crippen LogP contribution in [0.2, 0.25) is 0 Å². The van der Waals surface area contributed by atoms with Crippen molar-refractivity contribution in [2.24, 2.45) is 5.92 Å². The van der Waals surface area contributed by atoms with E-state index in [9.17, 15) is 9.59 Å². The van der Waals surface area contributed by atoms with E-state index in [-0.39, 0.29) is 17.1 Å². The highest BCUT2D eigenvalue weighted by Gasteiger charge is 2.20. The van der Waals surface area contributed by atoms with Gasteiger partial charge in [-0.2, -0.15) is 0 Å². The number of anilines is 1. The van der Waals surface area contributed by atoms with Crippen molar-refractivity contribution in [3.8, 4) is 0 Å². The Bertz CT molecular complexity index is 502. The van der Waals surface area contributed by atoms with Gasteiger partial charge in [0.2, 0.25) is 5.24 Å². The van der Waals surface area contributed by atoms with Crippen LogP contribution >= 0.6 is 11.6 Å². The average Bonchev–Trinajstić information content (AvgIpc) is 2.81. The highest BCUT2D eigenvalue weighted by atomic mass is 35.5. The Morgan fingerprint density at radius 3 is 2.71 bits per heavy atom. The van der Waals surface area contributed by atoms with Crippen LogP contribution in [0.5, 0.6) is 0 Å². The summed E-state index contributed by atoms with van der Waals surface area (Å²) in [6, 6.07) is 5.22. The molecule has 1 unspecified atom stereocenters. The van der Waals surface area contributed by atoms with Crippen molar-refractivity contribution >= 4 is 28.5 Å². The smallest absolute Gasteiger partial charge is 0.338 e. The van der Waals surface area contributed by atoms with E-state index in [1.807, 2.05) is 13.0 Å². The normalized spacial score (nSPS) is 13.8. The highest BCUT2D eigenvalue weighted by molar-refractivity contribution is 6.63. The van der Waals surface area contributed by atoms with Crippen molar-refractivity contribution in [2.75, 3.05) is 5.73 Å². The number of hydrogen-bond donors (Lipinski definition) is 1. The van der Waals surface area contributed by atoms with Gasteiger partial charge in [-0.25, -0.2) is 4.79 Å². The first-order valence-electron chi connectivity index (χ1n) is 7.24. The van der Waals surface area contributed by atoms with Gasteiger partial charge in [-0.1, -0.05) is 32.8 Å². The van der Waals surface area contributed by atoms with E-state index in [2.05, 4.69) is 6.92 Å². The molecule has 5 heteroatoms. The third kappa shape index (κ3) is 5.38. The van der Waals surface area contributed by atoms with Crippen molar-refractivity contribution in [3.63, 3.8) is 0 Å². The van der Waals surface area contributed by atoms with E-state index in [0.29, 0.717) is 17.9 Å². The maximum atomic E-state index is 10.9. The molecule has 1 aromatic rings. The Morgan fingerprint density at radius 1 is 1.43 bits per heavy atom. The van der Waals surface area contributed by atoms with Gasteiger partial charge in [0.25, 0.3) is 0 Å². The molecule has 116 valence electrons. The SMILES string of the molecule is CCCCC(CC)C(=O)Cl.Nc1ccc2c(c1)C(=O)OC2. The Kier molecular flexibility index (Phi) is 7.23. The minimum absolute atomic E-state index is 0.0987. The molecular formula is C16H22ClNO3. The fourth-order valence-corrected chi connectivity index (χ4v) is 2.32. The number of carbonyl (C=O) groups is 2. The molecule has 1 aliphatic rings. The van der Waals surface area contributed by atoms with E-state index in [4.69, 9.17) is 22.1 Å². The molecule has 1 heterocycles. The molecule has 0 saturated heterocycles. The first-order chi connectivity index (χ1) is 9.99. The summed E-state index contributed by atoms with van der Waals surface area (Å²) >= 11 is 5.34. The largest absolute Gasteiger partial charge is 0.457 e. The third-order valence-corrected chi connectivity index (χ3v) is 3.74. The van der Waals surface area contributed by atoms with E-state index in [1.54, 1.807) is 12.1 Å². The van der Waals surface area contributed by atoms with Crippen LogP contribution in [0.4, 0.5) is 5.69 Å². The number of rotatable bonds is 5. The number of unbranched alkanes of at least 4 members (excludes halogenated alkanes) is 1. The Labute approximate surface area is 130 Å². The van der Waals surface area contributed by atoms with Crippen LogP contribution in [0.1, 0.15) is 55.5 Å². The van der Waals surface area contributed by atoms with Crippen LogP contribution in [0.25, 0.3) is 0 Å². The first kappa shape index (κ1) is 17.5. The van der Waals surface area contributed by atoms with Gasteiger partial charge in [-0.3, -0.25) is 4.79 Å². The van der Waals surface area contributed by atoms with Crippen LogP contribution in [0.3, 0.4) is 0 Å². The monoisotopic (exact) mass is 311 g/mol. The van der Waals surface area contributed by atoms with E-state index in [0.717, 1.165) is 31.2 Å². The predicted molar refractivity (Wildman–Crippen MR) is 84.1 cm³/mol. The Hall–Kier alpha value is -1.55. The van der Waals surface area contributed by atoms with Crippen LogP contribution in [0.15, 0.2) is 18.2 Å². The first-order valence-corrected chi connectivity index (χ1v) is 7.62. The van der Waals surface area contributed by atoms with Crippen molar-refractivity contribution in [2.45, 2.75) is 46.1 Å². The number of ether oxygens (including phenoxy) is 1. The summed E-state index contributed by atoms with van der Waals surface area (Å²) in [5, 5.41) is -0.170. The Morgan fingerprint density at radius 2 is 2.14 bits per heavy atom. The van der Waals surface area contributed by atoms with Crippen LogP contribution < -0.4 is 5.73 Å². The summed E-state index contributed by atoms with van der Waals surface area (Å²) in [7, 11) is 0. The molecule has 0 spiro atoms. The molecule has 4 nitrogen and oxygen atoms in total. The lowest BCUT2D eigenvalue weighted by Gasteiger charge is -2.06. The number of fused-ring (bicyclic) bond motifs is 1. The second-order valence-corrected chi connectivity index (χ2v) is 5.42. The van der Waals surface area contributed by atoms with Crippen LogP contribution in [0, 0.1) is 5.92 Å². The van der Waals surface area contributed by atoms with Gasteiger partial charge in [0.15, 0.2) is 0 Å². The van der Waals surface area contributed by atoms with Gasteiger partial charge in [0, 0.05) is 17.2 Å². The lowest BCUT2D eigenvalue weighted by molar-refractivity contribution is -0.115. The molecule has 0 aromatic heterocycles. The lowest BCUT2D eigenvalue weighted by atomic mass is 10.0. The van der Waals surface area contributed by atoms with E-state index in [1.165, 1.54) is 0 Å². The van der Waals surface area contributed by atoms with Gasteiger partial charge in [0.05, 0.1) is 5.56 Å². The zero-order valence-electron chi connectivity index (χ0n) is 12.5. The van der Waals surface area contributed by atoms with Crippen LogP contribution in [-0.4, -0.2) is 11.2 Å². The summed E-state index contributed by atoms with van der Waals surface area (Å²) in [6.07, 6.45) is 4.08. The molecule has 2 N–H and O–H groups in total. The number of benzene rings is 1. The second-order valence-electron chi connectivity index (χ2n) is 5.04. The molecule has 2 rings (SSSR count). The topological polar surface area (TPSA) is 69.4 Å². The standard InChI is InChI=1S/C8H15ClO.C8H7NO2/c1-3-5-6-7(4-2)8(9)10;9-6-2-1-5-4-11-8(10)7(5)3-6/h7H,3-6H2,1-2H3;1-3H,4,9H2. The molecule has 1 atom stereocenters. The average molecular weight is 312 g/mol. The summed E-state index contributed by atoms with van der Waals surface area (Å²) < 4.78 is 4.78. The number of esters is 1. The second kappa shape index (κ2) is 8.67. The van der Waals surface area contributed by atoms with Gasteiger partial charge in [-0.15, -0.1) is 0 Å². The molecule has 1 aromatic carbocycles. The number of nitrogens with two attached hydrogens (primary N) is 1. The zero-order valence-corrected chi connectivity index (χ0v) is 13.3. The van der Waals surface area contributed by atoms with Crippen LogP contribution in [-0.2, 0) is 16.1 Å². The summed E-state index contributed by atoms with van der Waals surface area (Å²) in [6.45, 7) is 4.50. The third-order valence-electron chi connectivity index (χ3n) is 3.43. The van der Waals surface area contributed by atoms with Gasteiger partial charge in [0.1, 0.15) is 6.61 Å². The number of hydrogen-bond acceptors (Lipinski definition) is 4. The number of cyclic esters (lactones) is 1. The molecule has 21 heavy (non-hydrogen) atoms. The van der Waals surface area contributed by atoms with Crippen molar-refractivity contribution < 1.29 is 14.3 Å². The molecule has 1 aliphatic heterocycles. The molecular weight excluding hydrogens is 290 g/mol. The fourth-order valence-electron chi connectivity index (χ4n) is 2.06. The number of nitrogen functional groups attached to an aromatic ring is 1. The quantitative estimate of drug-likeness (QED) is 0.508. The van der Waals surface area contributed by atoms with E-state index >= 15 is 0 Å². The minimum atomic E-state index is -0.271. The fraction of sp³-hybridized carbons (Fsp3) is 0.500. The Balaban J connectivity index is 0.000000212. The molecule has 0 saturated carbocycles. The molecule has 0 amide bonds. The zero-order chi connectivity index (χ0) is 15.8. The summed E-state index contributed by atoms with van der Waals surface area (Å²) in [5.41, 5.74) is 7.61.